The maximum Gasteiger partial charge on any atom is 0.325 e. The first-order valence-corrected chi connectivity index (χ1v) is 4.58. The minimum atomic E-state index is -0.457. The van der Waals surface area contributed by atoms with E-state index in [1.54, 1.807) is 18.4 Å². The van der Waals surface area contributed by atoms with Gasteiger partial charge in [-0.2, -0.15) is 0 Å². The van der Waals surface area contributed by atoms with Crippen LogP contribution in [-0.2, 0) is 20.7 Å². The summed E-state index contributed by atoms with van der Waals surface area (Å²) in [5.41, 5.74) is 0. The number of hydrogen-bond acceptors (Lipinski definition) is 4. The van der Waals surface area contributed by atoms with Gasteiger partial charge >= 0.3 is 5.97 Å². The van der Waals surface area contributed by atoms with E-state index >= 15 is 0 Å². The number of carbonyl (C=O) groups is 2. The largest absolute Gasteiger partial charge is 0.469 e. The van der Waals surface area contributed by atoms with Gasteiger partial charge in [0.1, 0.15) is 12.3 Å². The van der Waals surface area contributed by atoms with Crippen LogP contribution in [0.1, 0.15) is 12.2 Å². The van der Waals surface area contributed by atoms with E-state index in [0.717, 1.165) is 5.76 Å². The number of rotatable bonds is 5. The molecule has 1 rings (SSSR count). The fourth-order valence-corrected chi connectivity index (χ4v) is 1.02. The van der Waals surface area contributed by atoms with Gasteiger partial charge in [-0.05, 0) is 12.1 Å². The third kappa shape index (κ3) is 4.30. The molecule has 0 fully saturated rings. The highest BCUT2D eigenvalue weighted by atomic mass is 16.5. The highest BCUT2D eigenvalue weighted by Crippen LogP contribution is 2.02. The molecule has 0 saturated heterocycles. The van der Waals surface area contributed by atoms with Crippen LogP contribution in [0.2, 0.25) is 0 Å². The van der Waals surface area contributed by atoms with Crippen molar-refractivity contribution in [1.82, 2.24) is 5.32 Å². The van der Waals surface area contributed by atoms with Gasteiger partial charge in [-0.1, -0.05) is 0 Å². The van der Waals surface area contributed by atoms with Crippen molar-refractivity contribution in [2.45, 2.75) is 12.8 Å². The van der Waals surface area contributed by atoms with Crippen molar-refractivity contribution in [3.05, 3.63) is 24.2 Å². The Bertz CT molecular complexity index is 318. The van der Waals surface area contributed by atoms with Crippen molar-refractivity contribution >= 4 is 11.9 Å². The maximum atomic E-state index is 11.2. The molecule has 1 aromatic rings. The van der Waals surface area contributed by atoms with Crippen molar-refractivity contribution in [2.24, 2.45) is 0 Å². The van der Waals surface area contributed by atoms with Crippen molar-refractivity contribution < 1.29 is 18.7 Å². The minimum absolute atomic E-state index is 0.0898. The second-order valence-electron chi connectivity index (χ2n) is 2.93. The van der Waals surface area contributed by atoms with Crippen LogP contribution in [0.25, 0.3) is 0 Å². The molecule has 1 N–H and O–H groups in total. The SMILES string of the molecule is COC(=O)CNC(=O)CCc1ccco1. The summed E-state index contributed by atoms with van der Waals surface area (Å²) >= 11 is 0. The molecule has 0 aliphatic heterocycles. The Hall–Kier alpha value is -1.78. The van der Waals surface area contributed by atoms with Crippen molar-refractivity contribution in [3.63, 3.8) is 0 Å². The van der Waals surface area contributed by atoms with Gasteiger partial charge in [-0.3, -0.25) is 9.59 Å². The number of aryl methyl sites for hydroxylation is 1. The predicted octanol–water partition coefficient (Wildman–Crippen LogP) is 0.501. The molecule has 0 aliphatic rings. The summed E-state index contributed by atoms with van der Waals surface area (Å²) in [6, 6.07) is 3.56. The standard InChI is InChI=1S/C10H13NO4/c1-14-10(13)7-11-9(12)5-4-8-3-2-6-15-8/h2-3,6H,4-5,7H2,1H3,(H,11,12). The van der Waals surface area contributed by atoms with E-state index in [1.807, 2.05) is 0 Å². The van der Waals surface area contributed by atoms with E-state index in [1.165, 1.54) is 7.11 Å². The third-order valence-corrected chi connectivity index (χ3v) is 1.84. The fraction of sp³-hybridized carbons (Fsp3) is 0.400. The van der Waals surface area contributed by atoms with Crippen LogP contribution in [0, 0.1) is 0 Å². The van der Waals surface area contributed by atoms with E-state index in [0.29, 0.717) is 12.8 Å². The van der Waals surface area contributed by atoms with Gasteiger partial charge in [-0.25, -0.2) is 0 Å². The predicted molar refractivity (Wildman–Crippen MR) is 52.1 cm³/mol. The first-order chi connectivity index (χ1) is 7.22. The van der Waals surface area contributed by atoms with Crippen LogP contribution < -0.4 is 5.32 Å². The number of amides is 1. The second kappa shape index (κ2) is 5.85. The van der Waals surface area contributed by atoms with Crippen LogP contribution in [-0.4, -0.2) is 25.5 Å². The van der Waals surface area contributed by atoms with E-state index in [9.17, 15) is 9.59 Å². The fourth-order valence-electron chi connectivity index (χ4n) is 1.02. The molecule has 0 saturated carbocycles. The molecule has 0 aliphatic carbocycles. The summed E-state index contributed by atoms with van der Waals surface area (Å²) in [6.07, 6.45) is 2.38. The van der Waals surface area contributed by atoms with Gasteiger partial charge in [0, 0.05) is 12.8 Å². The lowest BCUT2D eigenvalue weighted by Crippen LogP contribution is -2.30. The number of nitrogens with one attached hydrogen (secondary N) is 1. The average Bonchev–Trinajstić information content (AvgIpc) is 2.75. The molecule has 0 atom stereocenters. The number of ether oxygens (including phenoxy) is 1. The van der Waals surface area contributed by atoms with Gasteiger partial charge in [0.15, 0.2) is 0 Å². The highest BCUT2D eigenvalue weighted by Gasteiger charge is 2.06. The van der Waals surface area contributed by atoms with E-state index in [2.05, 4.69) is 10.1 Å². The third-order valence-electron chi connectivity index (χ3n) is 1.84. The smallest absolute Gasteiger partial charge is 0.325 e. The molecular weight excluding hydrogens is 198 g/mol. The quantitative estimate of drug-likeness (QED) is 0.720. The lowest BCUT2D eigenvalue weighted by atomic mass is 10.2. The van der Waals surface area contributed by atoms with Crippen molar-refractivity contribution in [3.8, 4) is 0 Å². The van der Waals surface area contributed by atoms with Gasteiger partial charge < -0.3 is 14.5 Å². The van der Waals surface area contributed by atoms with Gasteiger partial charge in [0.25, 0.3) is 0 Å². The number of esters is 1. The molecular formula is C10H13NO4. The number of hydrogen-bond donors (Lipinski definition) is 1. The van der Waals surface area contributed by atoms with Crippen molar-refractivity contribution in [1.29, 1.82) is 0 Å². The first-order valence-electron chi connectivity index (χ1n) is 4.58. The van der Waals surface area contributed by atoms with Crippen molar-refractivity contribution in [2.75, 3.05) is 13.7 Å². The average molecular weight is 211 g/mol. The molecule has 0 radical (unpaired) electrons. The van der Waals surface area contributed by atoms with E-state index in [4.69, 9.17) is 4.42 Å². The second-order valence-corrected chi connectivity index (χ2v) is 2.93. The summed E-state index contributed by atoms with van der Waals surface area (Å²) in [7, 11) is 1.28. The van der Waals surface area contributed by atoms with Crippen LogP contribution in [0.15, 0.2) is 22.8 Å². The molecule has 0 bridgehead atoms. The Morgan fingerprint density at radius 1 is 1.53 bits per heavy atom. The molecule has 5 nitrogen and oxygen atoms in total. The molecule has 0 spiro atoms. The molecule has 0 unspecified atom stereocenters. The lowest BCUT2D eigenvalue weighted by molar-refractivity contribution is -0.141. The normalized spacial score (nSPS) is 9.67. The maximum absolute atomic E-state index is 11.2. The molecule has 0 aromatic carbocycles. The van der Waals surface area contributed by atoms with Gasteiger partial charge in [0.05, 0.1) is 13.4 Å². The first kappa shape index (κ1) is 11.3. The summed E-state index contributed by atoms with van der Waals surface area (Å²) in [5.74, 6) is 0.0985. The Morgan fingerprint density at radius 2 is 2.33 bits per heavy atom. The lowest BCUT2D eigenvalue weighted by Gasteiger charge is -2.02. The zero-order valence-corrected chi connectivity index (χ0v) is 8.49. The Kier molecular flexibility index (Phi) is 4.40. The molecule has 5 heteroatoms. The summed E-state index contributed by atoms with van der Waals surface area (Å²) in [5, 5.41) is 2.44. The molecule has 1 aromatic heterocycles. The summed E-state index contributed by atoms with van der Waals surface area (Å²) in [6.45, 7) is -0.0898. The van der Waals surface area contributed by atoms with E-state index < -0.39 is 5.97 Å². The molecule has 82 valence electrons. The van der Waals surface area contributed by atoms with Gasteiger partial charge in [0.2, 0.25) is 5.91 Å². The van der Waals surface area contributed by atoms with Crippen LogP contribution in [0.5, 0.6) is 0 Å². The number of methoxy groups -OCH3 is 1. The number of carbonyl (C=O) groups excluding carboxylic acids is 2. The summed E-state index contributed by atoms with van der Waals surface area (Å²) in [4.78, 5) is 21.9. The van der Waals surface area contributed by atoms with Crippen LogP contribution >= 0.6 is 0 Å². The molecule has 1 heterocycles. The molecule has 15 heavy (non-hydrogen) atoms. The summed E-state index contributed by atoms with van der Waals surface area (Å²) < 4.78 is 9.44. The Labute approximate surface area is 87.4 Å². The molecule has 1 amide bonds. The monoisotopic (exact) mass is 211 g/mol. The Morgan fingerprint density at radius 3 is 2.93 bits per heavy atom. The Balaban J connectivity index is 2.16. The van der Waals surface area contributed by atoms with E-state index in [-0.39, 0.29) is 12.5 Å². The van der Waals surface area contributed by atoms with Crippen LogP contribution in [0.3, 0.4) is 0 Å². The highest BCUT2D eigenvalue weighted by molar-refractivity contribution is 5.81. The minimum Gasteiger partial charge on any atom is -0.469 e. The van der Waals surface area contributed by atoms with Gasteiger partial charge in [-0.15, -0.1) is 0 Å². The van der Waals surface area contributed by atoms with Crippen LogP contribution in [0.4, 0.5) is 0 Å². The number of furan rings is 1. The zero-order chi connectivity index (χ0) is 11.1. The topological polar surface area (TPSA) is 68.5 Å². The zero-order valence-electron chi connectivity index (χ0n) is 8.49.